The molecule has 3 N–H and O–H groups in total. The van der Waals surface area contributed by atoms with Gasteiger partial charge in [0.25, 0.3) is 5.91 Å². The van der Waals surface area contributed by atoms with Gasteiger partial charge in [-0.25, -0.2) is 4.79 Å². The highest BCUT2D eigenvalue weighted by Crippen LogP contribution is 2.10. The van der Waals surface area contributed by atoms with Crippen LogP contribution in [-0.4, -0.2) is 34.1 Å². The van der Waals surface area contributed by atoms with E-state index >= 15 is 0 Å². The van der Waals surface area contributed by atoms with E-state index < -0.39 is 30.3 Å². The number of rotatable bonds is 6. The molecule has 1 aromatic carbocycles. The summed E-state index contributed by atoms with van der Waals surface area (Å²) in [6, 6.07) is 5.35. The summed E-state index contributed by atoms with van der Waals surface area (Å²) in [4.78, 5) is 33.4. The van der Waals surface area contributed by atoms with Crippen molar-refractivity contribution < 1.29 is 24.6 Å². The van der Waals surface area contributed by atoms with E-state index in [0.717, 1.165) is 5.56 Å². The first kappa shape index (κ1) is 14.7. The molecule has 0 unspecified atom stereocenters. The third kappa shape index (κ3) is 4.09. The third-order valence-corrected chi connectivity index (χ3v) is 2.63. The lowest BCUT2D eigenvalue weighted by Gasteiger charge is -2.14. The number of hydrogen-bond acceptors (Lipinski definition) is 3. The molecule has 0 heterocycles. The zero-order valence-corrected chi connectivity index (χ0v) is 10.4. The molecule has 0 bridgehead atoms. The average molecular weight is 265 g/mol. The van der Waals surface area contributed by atoms with E-state index in [2.05, 4.69) is 5.32 Å². The minimum absolute atomic E-state index is 0.363. The standard InChI is InChI=1S/C13H15NO5/c1-2-8-5-3-4-6-9(8)12(17)14-10(13(18)19)7-11(15)16/h3-6,10H,2,7H2,1H3,(H,14,17)(H,15,16)(H,18,19)/t10-/m0/s1. The summed E-state index contributed by atoms with van der Waals surface area (Å²) >= 11 is 0. The molecule has 0 aliphatic rings. The number of carboxylic acids is 2. The van der Waals surface area contributed by atoms with Gasteiger partial charge in [0.15, 0.2) is 0 Å². The summed E-state index contributed by atoms with van der Waals surface area (Å²) in [6.07, 6.45) is -0.0321. The van der Waals surface area contributed by atoms with Crippen molar-refractivity contribution in [1.29, 1.82) is 0 Å². The zero-order chi connectivity index (χ0) is 14.4. The number of carbonyl (C=O) groups is 3. The summed E-state index contributed by atoms with van der Waals surface area (Å²) < 4.78 is 0. The Hall–Kier alpha value is -2.37. The van der Waals surface area contributed by atoms with Gasteiger partial charge in [0, 0.05) is 5.56 Å². The van der Waals surface area contributed by atoms with Gasteiger partial charge in [-0.15, -0.1) is 0 Å². The van der Waals surface area contributed by atoms with Crippen molar-refractivity contribution in [2.45, 2.75) is 25.8 Å². The number of nitrogens with one attached hydrogen (secondary N) is 1. The highest BCUT2D eigenvalue weighted by atomic mass is 16.4. The Labute approximate surface area is 110 Å². The molecular formula is C13H15NO5. The molecule has 1 rings (SSSR count). The van der Waals surface area contributed by atoms with Crippen molar-refractivity contribution in [2.75, 3.05) is 0 Å². The summed E-state index contributed by atoms with van der Waals surface area (Å²) in [6.45, 7) is 1.87. The molecule has 1 amide bonds. The maximum atomic E-state index is 12.0. The molecular weight excluding hydrogens is 250 g/mol. The maximum absolute atomic E-state index is 12.0. The average Bonchev–Trinajstić information content (AvgIpc) is 2.37. The first-order chi connectivity index (χ1) is 8.95. The predicted molar refractivity (Wildman–Crippen MR) is 67.0 cm³/mol. The van der Waals surface area contributed by atoms with Crippen LogP contribution in [0.15, 0.2) is 24.3 Å². The molecule has 0 saturated carbocycles. The normalized spacial score (nSPS) is 11.6. The number of amides is 1. The lowest BCUT2D eigenvalue weighted by atomic mass is 10.0. The topological polar surface area (TPSA) is 104 Å². The van der Waals surface area contributed by atoms with Crippen molar-refractivity contribution >= 4 is 17.8 Å². The molecule has 19 heavy (non-hydrogen) atoms. The first-order valence-corrected chi connectivity index (χ1v) is 5.79. The van der Waals surface area contributed by atoms with Crippen molar-refractivity contribution in [2.24, 2.45) is 0 Å². The lowest BCUT2D eigenvalue weighted by molar-refractivity contribution is -0.145. The van der Waals surface area contributed by atoms with Gasteiger partial charge in [0.1, 0.15) is 6.04 Å². The minimum atomic E-state index is -1.44. The number of carboxylic acid groups (broad SMARTS) is 2. The molecule has 1 atom stereocenters. The Balaban J connectivity index is 2.87. The van der Waals surface area contributed by atoms with Crippen LogP contribution in [0.5, 0.6) is 0 Å². The van der Waals surface area contributed by atoms with Crippen molar-refractivity contribution in [3.63, 3.8) is 0 Å². The summed E-state index contributed by atoms with van der Waals surface area (Å²) in [5.74, 6) is -3.23. The van der Waals surface area contributed by atoms with Crippen LogP contribution in [0.2, 0.25) is 0 Å². The number of hydrogen-bond donors (Lipinski definition) is 3. The molecule has 0 fully saturated rings. The lowest BCUT2D eigenvalue weighted by Crippen LogP contribution is -2.42. The third-order valence-electron chi connectivity index (χ3n) is 2.63. The van der Waals surface area contributed by atoms with Gasteiger partial charge in [-0.3, -0.25) is 9.59 Å². The van der Waals surface area contributed by atoms with Crippen LogP contribution in [0.25, 0.3) is 0 Å². The SMILES string of the molecule is CCc1ccccc1C(=O)N[C@@H](CC(=O)O)C(=O)O. The second-order valence-corrected chi connectivity index (χ2v) is 3.97. The predicted octanol–water partition coefficient (Wildman–Crippen LogP) is 0.907. The van der Waals surface area contributed by atoms with Crippen LogP contribution in [0, 0.1) is 0 Å². The minimum Gasteiger partial charge on any atom is -0.481 e. The molecule has 0 saturated heterocycles. The fraction of sp³-hybridized carbons (Fsp3) is 0.308. The largest absolute Gasteiger partial charge is 0.481 e. The molecule has 0 aliphatic heterocycles. The molecule has 102 valence electrons. The van der Waals surface area contributed by atoms with Gasteiger partial charge in [-0.1, -0.05) is 25.1 Å². The van der Waals surface area contributed by atoms with E-state index in [4.69, 9.17) is 10.2 Å². The number of benzene rings is 1. The van der Waals surface area contributed by atoms with E-state index in [0.29, 0.717) is 12.0 Å². The van der Waals surface area contributed by atoms with E-state index in [9.17, 15) is 14.4 Å². The Morgan fingerprint density at radius 1 is 1.21 bits per heavy atom. The van der Waals surface area contributed by atoms with E-state index in [1.165, 1.54) is 0 Å². The van der Waals surface area contributed by atoms with Crippen molar-refractivity contribution in [3.8, 4) is 0 Å². The smallest absolute Gasteiger partial charge is 0.326 e. The van der Waals surface area contributed by atoms with Gasteiger partial charge in [-0.05, 0) is 18.1 Å². The van der Waals surface area contributed by atoms with E-state index in [1.54, 1.807) is 24.3 Å². The second-order valence-electron chi connectivity index (χ2n) is 3.97. The molecule has 6 heteroatoms. The Morgan fingerprint density at radius 3 is 2.37 bits per heavy atom. The Bertz CT molecular complexity index is 498. The second kappa shape index (κ2) is 6.53. The number of aliphatic carboxylic acids is 2. The van der Waals surface area contributed by atoms with E-state index in [-0.39, 0.29) is 0 Å². The van der Waals surface area contributed by atoms with Crippen LogP contribution in [0.1, 0.15) is 29.3 Å². The number of carbonyl (C=O) groups excluding carboxylic acids is 1. The highest BCUT2D eigenvalue weighted by Gasteiger charge is 2.24. The molecule has 0 radical (unpaired) electrons. The van der Waals surface area contributed by atoms with Gasteiger partial charge in [-0.2, -0.15) is 0 Å². The van der Waals surface area contributed by atoms with Crippen LogP contribution < -0.4 is 5.32 Å². The van der Waals surface area contributed by atoms with Crippen molar-refractivity contribution in [1.82, 2.24) is 5.32 Å². The van der Waals surface area contributed by atoms with Crippen LogP contribution in [0.4, 0.5) is 0 Å². The zero-order valence-electron chi connectivity index (χ0n) is 10.4. The molecule has 6 nitrogen and oxygen atoms in total. The van der Waals surface area contributed by atoms with Gasteiger partial charge >= 0.3 is 11.9 Å². The monoisotopic (exact) mass is 265 g/mol. The van der Waals surface area contributed by atoms with Crippen LogP contribution in [-0.2, 0) is 16.0 Å². The van der Waals surface area contributed by atoms with Gasteiger partial charge in [0.2, 0.25) is 0 Å². The van der Waals surface area contributed by atoms with Crippen LogP contribution >= 0.6 is 0 Å². The summed E-state index contributed by atoms with van der Waals surface area (Å²) in [7, 11) is 0. The fourth-order valence-corrected chi connectivity index (χ4v) is 1.66. The molecule has 0 aliphatic carbocycles. The Kier molecular flexibility index (Phi) is 5.05. The molecule has 1 aromatic rings. The van der Waals surface area contributed by atoms with E-state index in [1.807, 2.05) is 6.92 Å². The quantitative estimate of drug-likeness (QED) is 0.709. The number of aryl methyl sites for hydroxylation is 1. The van der Waals surface area contributed by atoms with Crippen LogP contribution in [0.3, 0.4) is 0 Å². The van der Waals surface area contributed by atoms with Crippen molar-refractivity contribution in [3.05, 3.63) is 35.4 Å². The van der Waals surface area contributed by atoms with Gasteiger partial charge < -0.3 is 15.5 Å². The highest BCUT2D eigenvalue weighted by molar-refractivity contribution is 5.98. The first-order valence-electron chi connectivity index (χ1n) is 5.79. The maximum Gasteiger partial charge on any atom is 0.326 e. The summed E-state index contributed by atoms with van der Waals surface area (Å²) in [5, 5.41) is 19.7. The van der Waals surface area contributed by atoms with Gasteiger partial charge in [0.05, 0.1) is 6.42 Å². The fourth-order valence-electron chi connectivity index (χ4n) is 1.66. The molecule has 0 spiro atoms. The molecule has 0 aromatic heterocycles. The Morgan fingerprint density at radius 2 is 1.84 bits per heavy atom. The summed E-state index contributed by atoms with van der Waals surface area (Å²) in [5.41, 5.74) is 1.14.